The number of hydrogen-bond donors (Lipinski definition) is 1. The molecule has 0 fully saturated rings. The third kappa shape index (κ3) is 4.94. The minimum absolute atomic E-state index is 0.0274. The fourth-order valence-corrected chi connectivity index (χ4v) is 4.28. The Hall–Kier alpha value is -2.57. The van der Waals surface area contributed by atoms with Gasteiger partial charge in [-0.2, -0.15) is 0 Å². The molecule has 0 radical (unpaired) electrons. The van der Waals surface area contributed by atoms with E-state index in [9.17, 15) is 4.79 Å². The van der Waals surface area contributed by atoms with Gasteiger partial charge in [-0.15, -0.1) is 0 Å². The molecule has 0 spiro atoms. The first-order valence-electron chi connectivity index (χ1n) is 10.4. The second-order valence-electron chi connectivity index (χ2n) is 7.57. The van der Waals surface area contributed by atoms with E-state index in [4.69, 9.17) is 14.2 Å². The van der Waals surface area contributed by atoms with Crippen LogP contribution >= 0.6 is 0 Å². The Morgan fingerprint density at radius 1 is 1.13 bits per heavy atom. The topological polar surface area (TPSA) is 60.0 Å². The average Bonchev–Trinajstić information content (AvgIpc) is 2.77. The summed E-state index contributed by atoms with van der Waals surface area (Å²) >= 11 is 0. The SMILES string of the molecule is CC[C@H](NC(=O)COC)[C@@H]1c2cc(OC)c(OC)cc2CCN1Cc1ccccc1. The van der Waals surface area contributed by atoms with E-state index >= 15 is 0 Å². The molecular weight excluding hydrogens is 380 g/mol. The van der Waals surface area contributed by atoms with Crippen LogP contribution in [0.2, 0.25) is 0 Å². The molecule has 0 bridgehead atoms. The molecule has 0 saturated carbocycles. The Morgan fingerprint density at radius 3 is 2.47 bits per heavy atom. The standard InChI is InChI=1S/C24H32N2O4/c1-5-20(25-23(27)16-28-2)24-19-14-22(30-4)21(29-3)13-18(19)11-12-26(24)15-17-9-7-6-8-10-17/h6-10,13-14,20,24H,5,11-12,15-16H2,1-4H3,(H,25,27)/t20-,24-/m0/s1. The molecule has 30 heavy (non-hydrogen) atoms. The number of nitrogens with zero attached hydrogens (tertiary/aromatic N) is 1. The molecule has 1 aliphatic rings. The summed E-state index contributed by atoms with van der Waals surface area (Å²) in [4.78, 5) is 14.8. The van der Waals surface area contributed by atoms with Gasteiger partial charge >= 0.3 is 0 Å². The van der Waals surface area contributed by atoms with Crippen LogP contribution in [-0.4, -0.2) is 51.3 Å². The summed E-state index contributed by atoms with van der Waals surface area (Å²) in [6.07, 6.45) is 1.72. The molecule has 2 aromatic rings. The van der Waals surface area contributed by atoms with Gasteiger partial charge in [-0.05, 0) is 41.7 Å². The van der Waals surface area contributed by atoms with E-state index in [0.717, 1.165) is 31.7 Å². The van der Waals surface area contributed by atoms with Crippen molar-refractivity contribution in [3.8, 4) is 11.5 Å². The van der Waals surface area contributed by atoms with Gasteiger partial charge in [0.25, 0.3) is 0 Å². The highest BCUT2D eigenvalue weighted by atomic mass is 16.5. The average molecular weight is 413 g/mol. The lowest BCUT2D eigenvalue weighted by Gasteiger charge is -2.42. The van der Waals surface area contributed by atoms with Crippen LogP contribution in [0.15, 0.2) is 42.5 Å². The van der Waals surface area contributed by atoms with Crippen LogP contribution in [0.25, 0.3) is 0 Å². The molecule has 0 unspecified atom stereocenters. The van der Waals surface area contributed by atoms with Crippen LogP contribution in [0.1, 0.15) is 36.1 Å². The number of methoxy groups -OCH3 is 3. The summed E-state index contributed by atoms with van der Waals surface area (Å²) in [7, 11) is 4.85. The number of nitrogens with one attached hydrogen (secondary N) is 1. The normalized spacial score (nSPS) is 17.1. The van der Waals surface area contributed by atoms with E-state index < -0.39 is 0 Å². The summed E-state index contributed by atoms with van der Waals surface area (Å²) in [5, 5.41) is 3.18. The highest BCUT2D eigenvalue weighted by Crippen LogP contribution is 2.40. The van der Waals surface area contributed by atoms with Gasteiger partial charge in [0, 0.05) is 26.2 Å². The van der Waals surface area contributed by atoms with Crippen LogP contribution in [0.4, 0.5) is 0 Å². The molecule has 1 heterocycles. The minimum Gasteiger partial charge on any atom is -0.493 e. The Morgan fingerprint density at radius 2 is 1.83 bits per heavy atom. The molecule has 1 N–H and O–H groups in total. The number of benzene rings is 2. The van der Waals surface area contributed by atoms with Crippen molar-refractivity contribution < 1.29 is 19.0 Å². The summed E-state index contributed by atoms with van der Waals surface area (Å²) in [5.41, 5.74) is 3.67. The number of carbonyl (C=O) groups is 1. The van der Waals surface area contributed by atoms with Crippen molar-refractivity contribution in [2.45, 2.75) is 38.4 Å². The zero-order valence-electron chi connectivity index (χ0n) is 18.3. The maximum Gasteiger partial charge on any atom is 0.246 e. The first-order chi connectivity index (χ1) is 14.6. The van der Waals surface area contributed by atoms with Gasteiger partial charge in [-0.3, -0.25) is 9.69 Å². The van der Waals surface area contributed by atoms with Gasteiger partial charge in [0.2, 0.25) is 5.91 Å². The lowest BCUT2D eigenvalue weighted by Crippen LogP contribution is -2.49. The summed E-state index contributed by atoms with van der Waals surface area (Å²) in [6, 6.07) is 14.6. The molecule has 2 aromatic carbocycles. The van der Waals surface area contributed by atoms with Gasteiger partial charge in [0.1, 0.15) is 6.61 Å². The van der Waals surface area contributed by atoms with E-state index in [-0.39, 0.29) is 24.6 Å². The number of hydrogen-bond acceptors (Lipinski definition) is 5. The van der Waals surface area contributed by atoms with E-state index in [1.165, 1.54) is 23.8 Å². The monoisotopic (exact) mass is 412 g/mol. The summed E-state index contributed by atoms with van der Waals surface area (Å²) in [5.74, 6) is 1.35. The highest BCUT2D eigenvalue weighted by Gasteiger charge is 2.35. The van der Waals surface area contributed by atoms with Crippen LogP contribution in [0, 0.1) is 0 Å². The molecule has 0 aromatic heterocycles. The number of carbonyl (C=O) groups excluding carboxylic acids is 1. The lowest BCUT2D eigenvalue weighted by atomic mass is 9.86. The fraction of sp³-hybridized carbons (Fsp3) is 0.458. The van der Waals surface area contributed by atoms with E-state index in [0.29, 0.717) is 5.75 Å². The number of ether oxygens (including phenoxy) is 3. The maximum atomic E-state index is 12.4. The Labute approximate surface area is 179 Å². The van der Waals surface area contributed by atoms with Crippen molar-refractivity contribution in [2.75, 3.05) is 34.5 Å². The molecular formula is C24H32N2O4. The van der Waals surface area contributed by atoms with Crippen molar-refractivity contribution >= 4 is 5.91 Å². The summed E-state index contributed by atoms with van der Waals surface area (Å²) < 4.78 is 16.1. The van der Waals surface area contributed by atoms with Gasteiger partial charge in [0.05, 0.1) is 20.3 Å². The minimum atomic E-state index is -0.100. The molecule has 0 aliphatic carbocycles. The molecule has 0 saturated heterocycles. The number of fused-ring (bicyclic) bond motifs is 1. The Kier molecular flexibility index (Phi) is 7.71. The first-order valence-corrected chi connectivity index (χ1v) is 10.4. The van der Waals surface area contributed by atoms with Gasteiger partial charge in [-0.25, -0.2) is 0 Å². The Bertz CT molecular complexity index is 841. The predicted molar refractivity (Wildman–Crippen MR) is 117 cm³/mol. The molecule has 3 rings (SSSR count). The van der Waals surface area contributed by atoms with Crippen molar-refractivity contribution in [1.82, 2.24) is 10.2 Å². The second kappa shape index (κ2) is 10.5. The molecule has 2 atom stereocenters. The quantitative estimate of drug-likeness (QED) is 0.685. The van der Waals surface area contributed by atoms with Crippen LogP contribution < -0.4 is 14.8 Å². The zero-order valence-corrected chi connectivity index (χ0v) is 18.3. The third-order valence-electron chi connectivity index (χ3n) is 5.70. The molecule has 6 heteroatoms. The number of amides is 1. The second-order valence-corrected chi connectivity index (χ2v) is 7.57. The van der Waals surface area contributed by atoms with Crippen molar-refractivity contribution in [3.05, 3.63) is 59.2 Å². The van der Waals surface area contributed by atoms with Crippen LogP contribution in [0.5, 0.6) is 11.5 Å². The van der Waals surface area contributed by atoms with Crippen molar-refractivity contribution in [3.63, 3.8) is 0 Å². The molecule has 162 valence electrons. The first kappa shape index (κ1) is 22.1. The Balaban J connectivity index is 2.00. The summed E-state index contributed by atoms with van der Waals surface area (Å²) in [6.45, 7) is 3.88. The van der Waals surface area contributed by atoms with Gasteiger partial charge in [0.15, 0.2) is 11.5 Å². The fourth-order valence-electron chi connectivity index (χ4n) is 4.28. The van der Waals surface area contributed by atoms with Crippen molar-refractivity contribution in [1.29, 1.82) is 0 Å². The highest BCUT2D eigenvalue weighted by molar-refractivity contribution is 5.77. The van der Waals surface area contributed by atoms with Gasteiger partial charge < -0.3 is 19.5 Å². The smallest absolute Gasteiger partial charge is 0.246 e. The lowest BCUT2D eigenvalue weighted by molar-refractivity contribution is -0.126. The molecule has 1 amide bonds. The maximum absolute atomic E-state index is 12.4. The van der Waals surface area contributed by atoms with Crippen LogP contribution in [0.3, 0.4) is 0 Å². The third-order valence-corrected chi connectivity index (χ3v) is 5.70. The van der Waals surface area contributed by atoms with E-state index in [1.807, 2.05) is 6.07 Å². The largest absolute Gasteiger partial charge is 0.493 e. The molecule has 6 nitrogen and oxygen atoms in total. The van der Waals surface area contributed by atoms with Crippen LogP contribution in [-0.2, 0) is 22.5 Å². The van der Waals surface area contributed by atoms with Gasteiger partial charge in [-0.1, -0.05) is 37.3 Å². The number of rotatable bonds is 9. The molecule has 1 aliphatic heterocycles. The predicted octanol–water partition coefficient (Wildman–Crippen LogP) is 3.34. The zero-order chi connectivity index (χ0) is 21.5. The van der Waals surface area contributed by atoms with E-state index in [2.05, 4.69) is 53.5 Å². The van der Waals surface area contributed by atoms with E-state index in [1.54, 1.807) is 14.2 Å². The van der Waals surface area contributed by atoms with Crippen molar-refractivity contribution in [2.24, 2.45) is 0 Å².